The van der Waals surface area contributed by atoms with Crippen LogP contribution in [0.1, 0.15) is 22.0 Å². The second-order valence-corrected chi connectivity index (χ2v) is 6.26. The number of halogens is 1. The van der Waals surface area contributed by atoms with Crippen LogP contribution in [-0.4, -0.2) is 43.5 Å². The summed E-state index contributed by atoms with van der Waals surface area (Å²) >= 11 is 6.02. The maximum atomic E-state index is 12.4. The monoisotopic (exact) mass is 377 g/mol. The van der Waals surface area contributed by atoms with Crippen LogP contribution in [0.15, 0.2) is 42.5 Å². The molecule has 0 aliphatic rings. The number of para-hydroxylation sites is 1. The van der Waals surface area contributed by atoms with E-state index in [9.17, 15) is 14.9 Å². The Morgan fingerprint density at radius 3 is 2.58 bits per heavy atom. The van der Waals surface area contributed by atoms with Crippen LogP contribution in [0.2, 0.25) is 5.02 Å². The average Bonchev–Trinajstić information content (AvgIpc) is 2.61. The maximum Gasteiger partial charge on any atom is 0.270 e. The van der Waals surface area contributed by atoms with E-state index in [0.29, 0.717) is 6.54 Å². The number of carbonyl (C=O) groups is 1. The standard InChI is InChI=1S/C18H20ClN3O4/c1-21(2)16(14-6-4-5-7-17(14)26-3)11-20-18(23)13-9-8-12(22(24)25)10-15(13)19/h4-10,16H,11H2,1-3H3,(H,20,23)/t16-/m0/s1. The number of nitrogens with zero attached hydrogens (tertiary/aromatic N) is 2. The summed E-state index contributed by atoms with van der Waals surface area (Å²) in [6.07, 6.45) is 0. The molecule has 0 heterocycles. The summed E-state index contributed by atoms with van der Waals surface area (Å²) in [5.41, 5.74) is 0.969. The number of rotatable bonds is 7. The summed E-state index contributed by atoms with van der Waals surface area (Å²) in [5.74, 6) is 0.334. The number of amides is 1. The quantitative estimate of drug-likeness (QED) is 0.591. The molecule has 1 amide bonds. The van der Waals surface area contributed by atoms with E-state index in [1.807, 2.05) is 43.3 Å². The Kier molecular flexibility index (Phi) is 6.54. The molecule has 7 nitrogen and oxygen atoms in total. The van der Waals surface area contributed by atoms with E-state index in [2.05, 4.69) is 5.32 Å². The molecule has 1 N–H and O–H groups in total. The molecule has 0 spiro atoms. The molecule has 0 saturated carbocycles. The van der Waals surface area contributed by atoms with Crippen molar-refractivity contribution in [2.24, 2.45) is 0 Å². The molecule has 26 heavy (non-hydrogen) atoms. The molecular formula is C18H20ClN3O4. The summed E-state index contributed by atoms with van der Waals surface area (Å²) in [6, 6.07) is 11.2. The first kappa shape index (κ1) is 19.7. The lowest BCUT2D eigenvalue weighted by molar-refractivity contribution is -0.384. The maximum absolute atomic E-state index is 12.4. The van der Waals surface area contributed by atoms with Gasteiger partial charge in [0.05, 0.1) is 28.7 Å². The zero-order valence-electron chi connectivity index (χ0n) is 14.7. The van der Waals surface area contributed by atoms with E-state index in [4.69, 9.17) is 16.3 Å². The van der Waals surface area contributed by atoms with Gasteiger partial charge in [-0.3, -0.25) is 14.9 Å². The average molecular weight is 378 g/mol. The van der Waals surface area contributed by atoms with Crippen LogP contribution < -0.4 is 10.1 Å². The molecule has 0 unspecified atom stereocenters. The highest BCUT2D eigenvalue weighted by molar-refractivity contribution is 6.34. The van der Waals surface area contributed by atoms with Crippen LogP contribution in [0, 0.1) is 10.1 Å². The van der Waals surface area contributed by atoms with Gasteiger partial charge in [-0.25, -0.2) is 0 Å². The minimum atomic E-state index is -0.558. The lowest BCUT2D eigenvalue weighted by Gasteiger charge is -2.26. The molecule has 8 heteroatoms. The van der Waals surface area contributed by atoms with Crippen molar-refractivity contribution >= 4 is 23.2 Å². The predicted molar refractivity (Wildman–Crippen MR) is 99.9 cm³/mol. The van der Waals surface area contributed by atoms with Crippen LogP contribution in [0.5, 0.6) is 5.75 Å². The Morgan fingerprint density at radius 2 is 2.00 bits per heavy atom. The molecule has 2 aromatic rings. The molecule has 2 rings (SSSR count). The number of nitrogens with one attached hydrogen (secondary N) is 1. The third-order valence-corrected chi connectivity index (χ3v) is 4.30. The predicted octanol–water partition coefficient (Wildman–Crippen LogP) is 3.29. The van der Waals surface area contributed by atoms with Crippen molar-refractivity contribution < 1.29 is 14.5 Å². The number of hydrogen-bond acceptors (Lipinski definition) is 5. The normalized spacial score (nSPS) is 11.9. The second-order valence-electron chi connectivity index (χ2n) is 5.85. The summed E-state index contributed by atoms with van der Waals surface area (Å²) in [6.45, 7) is 0.319. The van der Waals surface area contributed by atoms with Gasteiger partial charge in [-0.05, 0) is 26.2 Å². The third kappa shape index (κ3) is 4.50. The smallest absolute Gasteiger partial charge is 0.270 e. The molecule has 0 saturated heterocycles. The lowest BCUT2D eigenvalue weighted by atomic mass is 10.0. The molecular weight excluding hydrogens is 358 g/mol. The zero-order valence-corrected chi connectivity index (χ0v) is 15.5. The zero-order chi connectivity index (χ0) is 19.3. The van der Waals surface area contributed by atoms with Crippen molar-refractivity contribution in [1.29, 1.82) is 0 Å². The number of hydrogen-bond donors (Lipinski definition) is 1. The largest absolute Gasteiger partial charge is 0.496 e. The van der Waals surface area contributed by atoms with E-state index in [1.165, 1.54) is 18.2 Å². The SMILES string of the molecule is COc1ccccc1[C@H](CNC(=O)c1ccc([N+](=O)[O-])cc1Cl)N(C)C. The van der Waals surface area contributed by atoms with Crippen molar-refractivity contribution in [1.82, 2.24) is 10.2 Å². The third-order valence-electron chi connectivity index (χ3n) is 3.99. The Hall–Kier alpha value is -2.64. The Morgan fingerprint density at radius 1 is 1.31 bits per heavy atom. The number of nitro groups is 1. The number of likely N-dealkylation sites (N-methyl/N-ethyl adjacent to an activating group) is 1. The highest BCUT2D eigenvalue weighted by Gasteiger charge is 2.21. The summed E-state index contributed by atoms with van der Waals surface area (Å²) in [4.78, 5) is 24.6. The van der Waals surface area contributed by atoms with Crippen molar-refractivity contribution in [2.45, 2.75) is 6.04 Å². The number of benzene rings is 2. The molecule has 0 radical (unpaired) electrons. The van der Waals surface area contributed by atoms with Gasteiger partial charge in [-0.1, -0.05) is 29.8 Å². The minimum Gasteiger partial charge on any atom is -0.496 e. The minimum absolute atomic E-state index is 0.0374. The van der Waals surface area contributed by atoms with E-state index >= 15 is 0 Å². The van der Waals surface area contributed by atoms with Gasteiger partial charge in [0.1, 0.15) is 5.75 Å². The topological polar surface area (TPSA) is 84.7 Å². The highest BCUT2D eigenvalue weighted by Crippen LogP contribution is 2.28. The first-order valence-electron chi connectivity index (χ1n) is 7.86. The summed E-state index contributed by atoms with van der Waals surface area (Å²) in [5, 5.41) is 13.6. The highest BCUT2D eigenvalue weighted by atomic mass is 35.5. The van der Waals surface area contributed by atoms with Gasteiger partial charge in [-0.15, -0.1) is 0 Å². The molecule has 0 fully saturated rings. The van der Waals surface area contributed by atoms with Gasteiger partial charge in [-0.2, -0.15) is 0 Å². The molecule has 2 aromatic carbocycles. The van der Waals surface area contributed by atoms with Crippen LogP contribution in [0.3, 0.4) is 0 Å². The second kappa shape index (κ2) is 8.64. The van der Waals surface area contributed by atoms with Crippen LogP contribution in [0.25, 0.3) is 0 Å². The van der Waals surface area contributed by atoms with Crippen molar-refractivity contribution in [3.63, 3.8) is 0 Å². The van der Waals surface area contributed by atoms with Gasteiger partial charge in [0.2, 0.25) is 0 Å². The fraction of sp³-hybridized carbons (Fsp3) is 0.278. The van der Waals surface area contributed by atoms with Crippen molar-refractivity contribution in [3.8, 4) is 5.75 Å². The number of ether oxygens (including phenoxy) is 1. The van der Waals surface area contributed by atoms with Crippen molar-refractivity contribution in [3.05, 3.63) is 68.7 Å². The van der Waals surface area contributed by atoms with Gasteiger partial charge in [0.25, 0.3) is 11.6 Å². The first-order chi connectivity index (χ1) is 12.3. The number of nitro benzene ring substituents is 1. The van der Waals surface area contributed by atoms with E-state index in [1.54, 1.807) is 7.11 Å². The van der Waals surface area contributed by atoms with Gasteiger partial charge < -0.3 is 15.0 Å². The number of non-ortho nitro benzene ring substituents is 1. The molecule has 1 atom stereocenters. The van der Waals surface area contributed by atoms with Crippen LogP contribution >= 0.6 is 11.6 Å². The lowest BCUT2D eigenvalue weighted by Crippen LogP contribution is -2.34. The van der Waals surface area contributed by atoms with Gasteiger partial charge in [0.15, 0.2) is 0 Å². The first-order valence-corrected chi connectivity index (χ1v) is 8.24. The molecule has 0 bridgehead atoms. The summed E-state index contributed by atoms with van der Waals surface area (Å²) in [7, 11) is 5.41. The van der Waals surface area contributed by atoms with Crippen LogP contribution in [0.4, 0.5) is 5.69 Å². The molecule has 138 valence electrons. The van der Waals surface area contributed by atoms with E-state index in [-0.39, 0.29) is 22.3 Å². The number of methoxy groups -OCH3 is 1. The number of carbonyl (C=O) groups excluding carboxylic acids is 1. The molecule has 0 aromatic heterocycles. The van der Waals surface area contributed by atoms with Crippen molar-refractivity contribution in [2.75, 3.05) is 27.7 Å². The van der Waals surface area contributed by atoms with Gasteiger partial charge >= 0.3 is 0 Å². The van der Waals surface area contributed by atoms with Crippen LogP contribution in [-0.2, 0) is 0 Å². The Labute approximate surface area is 156 Å². The van der Waals surface area contributed by atoms with E-state index in [0.717, 1.165) is 11.3 Å². The molecule has 0 aliphatic carbocycles. The fourth-order valence-electron chi connectivity index (χ4n) is 2.60. The fourth-order valence-corrected chi connectivity index (χ4v) is 2.86. The summed E-state index contributed by atoms with van der Waals surface area (Å²) < 4.78 is 5.40. The van der Waals surface area contributed by atoms with Gasteiger partial charge in [0, 0.05) is 24.2 Å². The van der Waals surface area contributed by atoms with E-state index < -0.39 is 10.8 Å². The molecule has 0 aliphatic heterocycles. The Bertz CT molecular complexity index is 811. The Balaban J connectivity index is 2.17.